The van der Waals surface area contributed by atoms with Gasteiger partial charge in [0.1, 0.15) is 0 Å². The lowest BCUT2D eigenvalue weighted by molar-refractivity contribution is -0.151. The van der Waals surface area contributed by atoms with Gasteiger partial charge in [0.2, 0.25) is 4.93 Å². The van der Waals surface area contributed by atoms with E-state index in [4.69, 9.17) is 4.74 Å². The fourth-order valence-electron chi connectivity index (χ4n) is 3.81. The third-order valence-electron chi connectivity index (χ3n) is 5.22. The zero-order chi connectivity index (χ0) is 18.2. The van der Waals surface area contributed by atoms with Gasteiger partial charge in [-0.1, -0.05) is 30.4 Å². The number of rotatable bonds is 4. The van der Waals surface area contributed by atoms with E-state index in [1.165, 1.54) is 11.9 Å². The molecule has 0 spiro atoms. The molecule has 0 aromatic carbocycles. The fourth-order valence-corrected chi connectivity index (χ4v) is 5.13. The van der Waals surface area contributed by atoms with E-state index in [9.17, 15) is 9.59 Å². The molecule has 3 heterocycles. The average molecular weight is 371 g/mol. The van der Waals surface area contributed by atoms with Crippen molar-refractivity contribution in [3.05, 3.63) is 54.4 Å². The largest absolute Gasteiger partial charge is 0.349 e. The van der Waals surface area contributed by atoms with Gasteiger partial charge >= 0.3 is 0 Å². The predicted octanol–water partition coefficient (Wildman–Crippen LogP) is 2.24. The number of ether oxygens (including phenoxy) is 1. The number of carbonyl (C=O) groups is 2. The summed E-state index contributed by atoms with van der Waals surface area (Å²) in [5, 5.41) is 2.97. The number of nitrogens with one attached hydrogen (secondary N) is 1. The molecule has 0 radical (unpaired) electrons. The van der Waals surface area contributed by atoms with E-state index in [1.54, 1.807) is 6.20 Å². The number of nitrogens with zero attached hydrogens (tertiary/aromatic N) is 2. The summed E-state index contributed by atoms with van der Waals surface area (Å²) >= 11 is 0.979. The van der Waals surface area contributed by atoms with Crippen molar-refractivity contribution in [1.82, 2.24) is 15.2 Å². The highest BCUT2D eigenvalue weighted by Gasteiger charge is 2.66. The molecule has 26 heavy (non-hydrogen) atoms. The van der Waals surface area contributed by atoms with Gasteiger partial charge in [0.25, 0.3) is 11.1 Å². The molecular weight excluding hydrogens is 350 g/mol. The van der Waals surface area contributed by atoms with Crippen molar-refractivity contribution in [3.63, 3.8) is 0 Å². The molecule has 3 atom stereocenters. The number of amides is 2. The SMILES string of the molecule is CN1C(=O)SC(O[C@H]2CCNC2)(C2(c3ccccn3)C=CC=CC2)C1=O. The highest BCUT2D eigenvalue weighted by Crippen LogP contribution is 2.55. The molecular formula is C19H21N3O3S. The number of hydrogen-bond acceptors (Lipinski definition) is 6. The molecule has 0 saturated carbocycles. The average Bonchev–Trinajstić information content (AvgIpc) is 3.27. The molecule has 4 rings (SSSR count). The van der Waals surface area contributed by atoms with E-state index in [0.717, 1.165) is 30.4 Å². The molecule has 1 aliphatic carbocycles. The van der Waals surface area contributed by atoms with Crippen LogP contribution in [0.1, 0.15) is 18.5 Å². The van der Waals surface area contributed by atoms with E-state index in [-0.39, 0.29) is 17.3 Å². The minimum Gasteiger partial charge on any atom is -0.349 e. The fraction of sp³-hybridized carbons (Fsp3) is 0.421. The molecule has 1 N–H and O–H groups in total. The molecule has 2 aliphatic heterocycles. The normalized spacial score (nSPS) is 34.0. The molecule has 2 unspecified atom stereocenters. The van der Waals surface area contributed by atoms with E-state index >= 15 is 0 Å². The lowest BCUT2D eigenvalue weighted by atomic mass is 9.72. The van der Waals surface area contributed by atoms with Crippen LogP contribution in [0.15, 0.2) is 48.7 Å². The quantitative estimate of drug-likeness (QED) is 0.875. The van der Waals surface area contributed by atoms with Crippen molar-refractivity contribution in [1.29, 1.82) is 0 Å². The number of carbonyl (C=O) groups excluding carboxylic acids is 2. The smallest absolute Gasteiger partial charge is 0.291 e. The number of hydrogen-bond donors (Lipinski definition) is 1. The maximum atomic E-state index is 13.4. The van der Waals surface area contributed by atoms with E-state index < -0.39 is 10.3 Å². The summed E-state index contributed by atoms with van der Waals surface area (Å²) in [4.78, 5) is 30.2. The molecule has 2 amide bonds. The van der Waals surface area contributed by atoms with E-state index in [0.29, 0.717) is 13.0 Å². The molecule has 1 aromatic heterocycles. The Morgan fingerprint density at radius 2 is 2.23 bits per heavy atom. The third kappa shape index (κ3) is 2.53. The number of imide groups is 1. The van der Waals surface area contributed by atoms with Crippen LogP contribution in [0.2, 0.25) is 0 Å². The topological polar surface area (TPSA) is 71.5 Å². The van der Waals surface area contributed by atoms with Gasteiger partial charge < -0.3 is 10.1 Å². The summed E-state index contributed by atoms with van der Waals surface area (Å²) < 4.78 is 6.47. The van der Waals surface area contributed by atoms with Gasteiger partial charge in [0, 0.05) is 19.8 Å². The minimum absolute atomic E-state index is 0.120. The van der Waals surface area contributed by atoms with Gasteiger partial charge in [-0.2, -0.15) is 0 Å². The van der Waals surface area contributed by atoms with Crippen molar-refractivity contribution in [2.45, 2.75) is 29.3 Å². The van der Waals surface area contributed by atoms with Gasteiger partial charge in [-0.3, -0.25) is 19.5 Å². The molecule has 0 bridgehead atoms. The molecule has 2 fully saturated rings. The molecule has 3 aliphatic rings. The summed E-state index contributed by atoms with van der Waals surface area (Å²) in [5.41, 5.74) is -0.108. The molecule has 136 valence electrons. The van der Waals surface area contributed by atoms with Crippen molar-refractivity contribution in [2.24, 2.45) is 0 Å². The second-order valence-corrected chi connectivity index (χ2v) is 7.89. The summed E-state index contributed by atoms with van der Waals surface area (Å²) in [5.74, 6) is -0.315. The van der Waals surface area contributed by atoms with Crippen LogP contribution in [0.25, 0.3) is 0 Å². The monoisotopic (exact) mass is 371 g/mol. The lowest BCUT2D eigenvalue weighted by Crippen LogP contribution is -2.57. The number of allylic oxidation sites excluding steroid dienone is 3. The van der Waals surface area contributed by atoms with Gasteiger partial charge in [0.05, 0.1) is 17.2 Å². The Morgan fingerprint density at radius 1 is 1.35 bits per heavy atom. The third-order valence-corrected chi connectivity index (χ3v) is 6.59. The highest BCUT2D eigenvalue weighted by atomic mass is 32.2. The molecule has 6 nitrogen and oxygen atoms in total. The van der Waals surface area contributed by atoms with Crippen LogP contribution >= 0.6 is 11.8 Å². The Bertz CT molecular complexity index is 775. The van der Waals surface area contributed by atoms with Gasteiger partial charge in [-0.15, -0.1) is 0 Å². The van der Waals surface area contributed by atoms with Crippen LogP contribution in [-0.2, 0) is 14.9 Å². The summed E-state index contributed by atoms with van der Waals surface area (Å²) in [6, 6.07) is 5.64. The standard InChI is InChI=1S/C19H21N3O3S/c1-22-16(23)19(26-17(22)24,25-14-8-12-20-13-14)18(9-4-2-5-10-18)15-7-3-6-11-21-15/h2-7,9,11,14,20H,8,10,12-13H2,1H3/t14-,18?,19?/m0/s1. The second kappa shape index (κ2) is 6.64. The van der Waals surface area contributed by atoms with Crippen molar-refractivity contribution in [3.8, 4) is 0 Å². The maximum Gasteiger partial charge on any atom is 0.291 e. The Morgan fingerprint density at radius 3 is 2.81 bits per heavy atom. The first-order valence-corrected chi connectivity index (χ1v) is 9.56. The van der Waals surface area contributed by atoms with Gasteiger partial charge in [-0.25, -0.2) is 0 Å². The Hall–Kier alpha value is -1.96. The molecule has 1 aromatic rings. The van der Waals surface area contributed by atoms with E-state index in [1.807, 2.05) is 42.5 Å². The molecule has 2 saturated heterocycles. The summed E-state index contributed by atoms with van der Waals surface area (Å²) in [6.45, 7) is 1.51. The van der Waals surface area contributed by atoms with Crippen molar-refractivity contribution < 1.29 is 14.3 Å². The van der Waals surface area contributed by atoms with Gasteiger partial charge in [-0.05, 0) is 43.3 Å². The Kier molecular flexibility index (Phi) is 4.46. The number of likely N-dealkylation sites (N-methyl/N-ethyl adjacent to an activating group) is 1. The summed E-state index contributed by atoms with van der Waals surface area (Å²) in [7, 11) is 1.52. The second-order valence-electron chi connectivity index (χ2n) is 6.76. The number of pyridine rings is 1. The maximum absolute atomic E-state index is 13.4. The number of aromatic nitrogens is 1. The van der Waals surface area contributed by atoms with Gasteiger partial charge in [0.15, 0.2) is 0 Å². The lowest BCUT2D eigenvalue weighted by Gasteiger charge is -2.44. The Labute approximate surface area is 156 Å². The van der Waals surface area contributed by atoms with Crippen molar-refractivity contribution in [2.75, 3.05) is 20.1 Å². The van der Waals surface area contributed by atoms with Crippen LogP contribution in [0, 0.1) is 0 Å². The minimum atomic E-state index is -1.36. The van der Waals surface area contributed by atoms with Crippen LogP contribution in [0.5, 0.6) is 0 Å². The zero-order valence-corrected chi connectivity index (χ0v) is 15.4. The first-order valence-electron chi connectivity index (χ1n) is 8.75. The predicted molar refractivity (Wildman–Crippen MR) is 99.7 cm³/mol. The summed E-state index contributed by atoms with van der Waals surface area (Å²) in [6.07, 6.45) is 10.8. The van der Waals surface area contributed by atoms with E-state index in [2.05, 4.69) is 10.3 Å². The first-order chi connectivity index (χ1) is 12.6. The van der Waals surface area contributed by atoms with Crippen LogP contribution in [0.4, 0.5) is 4.79 Å². The zero-order valence-electron chi connectivity index (χ0n) is 14.6. The first kappa shape index (κ1) is 17.5. The molecule has 7 heteroatoms. The van der Waals surface area contributed by atoms with Crippen LogP contribution in [-0.4, -0.2) is 52.2 Å². The highest BCUT2D eigenvalue weighted by molar-refractivity contribution is 8.16. The Balaban J connectivity index is 1.88. The number of thioether (sulfide) groups is 1. The van der Waals surface area contributed by atoms with Crippen LogP contribution in [0.3, 0.4) is 0 Å². The van der Waals surface area contributed by atoms with Crippen molar-refractivity contribution >= 4 is 22.9 Å². The van der Waals surface area contributed by atoms with Crippen LogP contribution < -0.4 is 5.32 Å².